The van der Waals surface area contributed by atoms with Gasteiger partial charge in [-0.25, -0.2) is 9.18 Å². The van der Waals surface area contributed by atoms with Crippen molar-refractivity contribution < 1.29 is 23.8 Å². The van der Waals surface area contributed by atoms with Crippen LogP contribution < -0.4 is 4.74 Å². The second kappa shape index (κ2) is 7.84. The molecule has 6 heteroatoms. The van der Waals surface area contributed by atoms with Crippen LogP contribution in [-0.4, -0.2) is 41.6 Å². The lowest BCUT2D eigenvalue weighted by Gasteiger charge is -2.19. The molecule has 112 valence electrons. The maximum absolute atomic E-state index is 13.4. The van der Waals surface area contributed by atoms with Gasteiger partial charge in [-0.15, -0.1) is 13.2 Å². The average Bonchev–Trinajstić information content (AvgIpc) is 2.44. The molecule has 0 aliphatic carbocycles. The van der Waals surface area contributed by atoms with Gasteiger partial charge in [0.25, 0.3) is 5.91 Å². The summed E-state index contributed by atoms with van der Waals surface area (Å²) in [6, 6.07) is 3.32. The quantitative estimate of drug-likeness (QED) is 0.745. The number of carboxylic acids is 1. The van der Waals surface area contributed by atoms with Gasteiger partial charge >= 0.3 is 5.97 Å². The lowest BCUT2D eigenvalue weighted by molar-refractivity contribution is -0.132. The van der Waals surface area contributed by atoms with Crippen LogP contribution in [0.25, 0.3) is 0 Å². The van der Waals surface area contributed by atoms with E-state index in [9.17, 15) is 14.0 Å². The molecule has 0 saturated heterocycles. The van der Waals surface area contributed by atoms with Crippen molar-refractivity contribution >= 4 is 11.9 Å². The SMILES string of the molecule is C=CCN(CC=C)C(=O)COc1ccc(C(=O)O)c(F)c1. The van der Waals surface area contributed by atoms with Gasteiger partial charge in [0.15, 0.2) is 6.61 Å². The first kappa shape index (κ1) is 16.4. The van der Waals surface area contributed by atoms with Crippen LogP contribution >= 0.6 is 0 Å². The average molecular weight is 293 g/mol. The molecular formula is C15H16FNO4. The summed E-state index contributed by atoms with van der Waals surface area (Å²) in [5, 5.41) is 8.71. The highest BCUT2D eigenvalue weighted by Gasteiger charge is 2.14. The number of amides is 1. The second-order valence-electron chi connectivity index (χ2n) is 4.11. The smallest absolute Gasteiger partial charge is 0.338 e. The molecule has 1 rings (SSSR count). The van der Waals surface area contributed by atoms with Crippen LogP contribution in [0, 0.1) is 5.82 Å². The van der Waals surface area contributed by atoms with E-state index >= 15 is 0 Å². The van der Waals surface area contributed by atoms with E-state index in [2.05, 4.69) is 13.2 Å². The summed E-state index contributed by atoms with van der Waals surface area (Å²) >= 11 is 0. The van der Waals surface area contributed by atoms with Crippen molar-refractivity contribution in [1.82, 2.24) is 4.90 Å². The molecule has 0 aliphatic heterocycles. The van der Waals surface area contributed by atoms with Gasteiger partial charge in [0, 0.05) is 19.2 Å². The van der Waals surface area contributed by atoms with E-state index in [1.54, 1.807) is 12.2 Å². The Morgan fingerprint density at radius 2 is 1.90 bits per heavy atom. The summed E-state index contributed by atoms with van der Waals surface area (Å²) in [5.74, 6) is -2.50. The Balaban J connectivity index is 2.67. The van der Waals surface area contributed by atoms with E-state index in [1.807, 2.05) is 0 Å². The number of hydrogen-bond acceptors (Lipinski definition) is 3. The molecular weight excluding hydrogens is 277 g/mol. The number of carboxylic acid groups (broad SMARTS) is 1. The van der Waals surface area contributed by atoms with Crippen LogP contribution in [0.3, 0.4) is 0 Å². The third-order valence-electron chi connectivity index (χ3n) is 2.58. The molecule has 1 amide bonds. The van der Waals surface area contributed by atoms with Crippen LogP contribution in [0.4, 0.5) is 4.39 Å². The Morgan fingerprint density at radius 3 is 2.38 bits per heavy atom. The van der Waals surface area contributed by atoms with Gasteiger partial charge in [-0.2, -0.15) is 0 Å². The molecule has 0 unspecified atom stereocenters. The number of ether oxygens (including phenoxy) is 1. The maximum Gasteiger partial charge on any atom is 0.338 e. The Morgan fingerprint density at radius 1 is 1.29 bits per heavy atom. The number of halogens is 1. The summed E-state index contributed by atoms with van der Waals surface area (Å²) in [6.07, 6.45) is 3.14. The van der Waals surface area contributed by atoms with Gasteiger partial charge in [-0.1, -0.05) is 12.2 Å². The van der Waals surface area contributed by atoms with Crippen LogP contribution in [0.5, 0.6) is 5.75 Å². The van der Waals surface area contributed by atoms with Gasteiger partial charge in [-0.3, -0.25) is 4.79 Å². The van der Waals surface area contributed by atoms with Crippen LogP contribution in [-0.2, 0) is 4.79 Å². The Labute approximate surface area is 121 Å². The topological polar surface area (TPSA) is 66.8 Å². The van der Waals surface area contributed by atoms with E-state index in [0.717, 1.165) is 12.1 Å². The monoisotopic (exact) mass is 293 g/mol. The fraction of sp³-hybridized carbons (Fsp3) is 0.200. The summed E-state index contributed by atoms with van der Waals surface area (Å²) in [5.41, 5.74) is -0.450. The number of carbonyl (C=O) groups is 2. The predicted octanol–water partition coefficient (Wildman–Crippen LogP) is 2.10. The summed E-state index contributed by atoms with van der Waals surface area (Å²) in [4.78, 5) is 24.0. The number of hydrogen-bond donors (Lipinski definition) is 1. The van der Waals surface area contributed by atoms with Crippen molar-refractivity contribution in [2.45, 2.75) is 0 Å². The molecule has 1 N–H and O–H groups in total. The highest BCUT2D eigenvalue weighted by Crippen LogP contribution is 2.16. The fourth-order valence-corrected chi connectivity index (χ4v) is 1.59. The Hall–Kier alpha value is -2.63. The third-order valence-corrected chi connectivity index (χ3v) is 2.58. The first-order valence-electron chi connectivity index (χ1n) is 6.14. The van der Waals surface area contributed by atoms with Gasteiger partial charge in [-0.05, 0) is 12.1 Å². The number of rotatable bonds is 8. The van der Waals surface area contributed by atoms with Gasteiger partial charge in [0.1, 0.15) is 11.6 Å². The van der Waals surface area contributed by atoms with E-state index < -0.39 is 17.3 Å². The molecule has 5 nitrogen and oxygen atoms in total. The minimum absolute atomic E-state index is 0.0861. The predicted molar refractivity (Wildman–Crippen MR) is 75.8 cm³/mol. The third kappa shape index (κ3) is 4.76. The van der Waals surface area contributed by atoms with Crippen molar-refractivity contribution in [3.8, 4) is 5.75 Å². The highest BCUT2D eigenvalue weighted by molar-refractivity contribution is 5.88. The number of nitrogens with zero attached hydrogens (tertiary/aromatic N) is 1. The van der Waals surface area contributed by atoms with E-state index in [4.69, 9.17) is 9.84 Å². The Bertz CT molecular complexity index is 547. The molecule has 0 saturated carbocycles. The molecule has 21 heavy (non-hydrogen) atoms. The second-order valence-corrected chi connectivity index (χ2v) is 4.11. The van der Waals surface area contributed by atoms with Crippen molar-refractivity contribution in [3.63, 3.8) is 0 Å². The van der Waals surface area contributed by atoms with Gasteiger partial charge in [0.05, 0.1) is 5.56 Å². The molecule has 0 spiro atoms. The van der Waals surface area contributed by atoms with Crippen molar-refractivity contribution in [2.24, 2.45) is 0 Å². The van der Waals surface area contributed by atoms with Gasteiger partial charge < -0.3 is 14.7 Å². The molecule has 0 fully saturated rings. The maximum atomic E-state index is 13.4. The zero-order chi connectivity index (χ0) is 15.8. The van der Waals surface area contributed by atoms with E-state index in [0.29, 0.717) is 13.1 Å². The highest BCUT2D eigenvalue weighted by atomic mass is 19.1. The minimum atomic E-state index is -1.36. The molecule has 0 aromatic heterocycles. The molecule has 1 aromatic carbocycles. The van der Waals surface area contributed by atoms with Crippen LogP contribution in [0.2, 0.25) is 0 Å². The number of carbonyl (C=O) groups excluding carboxylic acids is 1. The molecule has 0 radical (unpaired) electrons. The van der Waals surface area contributed by atoms with E-state index in [-0.39, 0.29) is 18.3 Å². The van der Waals surface area contributed by atoms with Crippen molar-refractivity contribution in [1.29, 1.82) is 0 Å². The summed E-state index contributed by atoms with van der Waals surface area (Å²) in [6.45, 7) is 7.51. The Kier molecular flexibility index (Phi) is 6.13. The zero-order valence-electron chi connectivity index (χ0n) is 11.4. The van der Waals surface area contributed by atoms with Crippen molar-refractivity contribution in [3.05, 3.63) is 54.9 Å². The lowest BCUT2D eigenvalue weighted by Crippen LogP contribution is -2.35. The van der Waals surface area contributed by atoms with Crippen LogP contribution in [0.15, 0.2) is 43.5 Å². The normalized spacial score (nSPS) is 9.76. The molecule has 0 heterocycles. The summed E-state index contributed by atoms with van der Waals surface area (Å²) in [7, 11) is 0. The van der Waals surface area contributed by atoms with E-state index in [1.165, 1.54) is 11.0 Å². The molecule has 0 bridgehead atoms. The standard InChI is InChI=1S/C15H16FNO4/c1-3-7-17(8-4-2)14(18)10-21-11-5-6-12(15(19)20)13(16)9-11/h3-6,9H,1-2,7-8,10H2,(H,19,20). The summed E-state index contributed by atoms with van der Waals surface area (Å²) < 4.78 is 18.6. The van der Waals surface area contributed by atoms with Crippen molar-refractivity contribution in [2.75, 3.05) is 19.7 Å². The first-order valence-corrected chi connectivity index (χ1v) is 6.14. The minimum Gasteiger partial charge on any atom is -0.484 e. The molecule has 0 atom stereocenters. The number of aromatic carboxylic acids is 1. The molecule has 1 aromatic rings. The number of benzene rings is 1. The van der Waals surface area contributed by atoms with Crippen LogP contribution in [0.1, 0.15) is 10.4 Å². The molecule has 0 aliphatic rings. The fourth-order valence-electron chi connectivity index (χ4n) is 1.59. The first-order chi connectivity index (χ1) is 9.99. The van der Waals surface area contributed by atoms with Gasteiger partial charge in [0.2, 0.25) is 0 Å². The lowest BCUT2D eigenvalue weighted by atomic mass is 10.2. The largest absolute Gasteiger partial charge is 0.484 e. The zero-order valence-corrected chi connectivity index (χ0v) is 11.4.